The van der Waals surface area contributed by atoms with Gasteiger partial charge in [-0.3, -0.25) is 0 Å². The minimum atomic E-state index is -0.408. The van der Waals surface area contributed by atoms with E-state index in [2.05, 4.69) is 27.3 Å². The van der Waals surface area contributed by atoms with Crippen LogP contribution in [0, 0.1) is 11.3 Å². The zero-order chi connectivity index (χ0) is 21.1. The number of nitrogens with zero attached hydrogens (tertiary/aromatic N) is 1. The van der Waals surface area contributed by atoms with Gasteiger partial charge in [-0.1, -0.05) is 18.2 Å². The molecule has 0 radical (unpaired) electrons. The van der Waals surface area contributed by atoms with Gasteiger partial charge >= 0.3 is 0 Å². The average Bonchev–Trinajstić information content (AvgIpc) is 2.72. The van der Waals surface area contributed by atoms with E-state index in [-0.39, 0.29) is 5.88 Å². The number of allylic oxidation sites excluding steroid dienone is 2. The molecule has 3 rings (SSSR count). The van der Waals surface area contributed by atoms with Crippen molar-refractivity contribution in [1.82, 2.24) is 0 Å². The first-order valence-electron chi connectivity index (χ1n) is 8.97. The highest BCUT2D eigenvalue weighted by Gasteiger charge is 2.33. The smallest absolute Gasteiger partial charge is 0.205 e. The van der Waals surface area contributed by atoms with Crippen LogP contribution in [0.15, 0.2) is 46.3 Å². The van der Waals surface area contributed by atoms with Crippen LogP contribution in [0.2, 0.25) is 0 Å². The van der Waals surface area contributed by atoms with Crippen LogP contribution in [-0.4, -0.2) is 21.3 Å². The Morgan fingerprint density at radius 1 is 1.28 bits per heavy atom. The predicted molar refractivity (Wildman–Crippen MR) is 117 cm³/mol. The van der Waals surface area contributed by atoms with Crippen molar-refractivity contribution in [3.63, 3.8) is 0 Å². The standard InChI is InChI=1S/C22H22BrN3O3/c1-5-6-13-17(26-2)8-7-14-19(15(11-24)22(25)29-20(13)14)12-9-16(23)21(28-4)18(10-12)27-3/h5-10,19,26H,25H2,1-4H3/b6-5+. The molecule has 0 aliphatic carbocycles. The molecule has 1 unspecified atom stereocenters. The fraction of sp³-hybridized carbons (Fsp3) is 0.227. The van der Waals surface area contributed by atoms with Gasteiger partial charge < -0.3 is 25.3 Å². The number of nitriles is 1. The van der Waals surface area contributed by atoms with Crippen molar-refractivity contribution in [1.29, 1.82) is 5.26 Å². The molecule has 1 aliphatic rings. The minimum Gasteiger partial charge on any atom is -0.493 e. The quantitative estimate of drug-likeness (QED) is 0.675. The van der Waals surface area contributed by atoms with E-state index in [1.54, 1.807) is 14.2 Å². The van der Waals surface area contributed by atoms with Crippen LogP contribution >= 0.6 is 15.9 Å². The fourth-order valence-electron chi connectivity index (χ4n) is 3.54. The van der Waals surface area contributed by atoms with Gasteiger partial charge in [-0.2, -0.15) is 5.26 Å². The number of ether oxygens (including phenoxy) is 3. The molecule has 7 heteroatoms. The molecule has 0 fully saturated rings. The summed E-state index contributed by atoms with van der Waals surface area (Å²) in [5, 5.41) is 13.0. The molecule has 6 nitrogen and oxygen atoms in total. The summed E-state index contributed by atoms with van der Waals surface area (Å²) in [6.45, 7) is 1.94. The van der Waals surface area contributed by atoms with Crippen LogP contribution in [0.3, 0.4) is 0 Å². The molecule has 2 aromatic carbocycles. The predicted octanol–water partition coefficient (Wildman–Crippen LogP) is 4.76. The van der Waals surface area contributed by atoms with Crippen LogP contribution in [-0.2, 0) is 0 Å². The largest absolute Gasteiger partial charge is 0.493 e. The summed E-state index contributed by atoms with van der Waals surface area (Å²) in [6.07, 6.45) is 3.89. The van der Waals surface area contributed by atoms with Crippen molar-refractivity contribution in [3.8, 4) is 23.3 Å². The first kappa shape index (κ1) is 20.6. The first-order chi connectivity index (χ1) is 14.0. The van der Waals surface area contributed by atoms with E-state index in [0.29, 0.717) is 22.8 Å². The summed E-state index contributed by atoms with van der Waals surface area (Å²) in [7, 11) is 5.00. The van der Waals surface area contributed by atoms with Gasteiger partial charge in [0.25, 0.3) is 0 Å². The van der Waals surface area contributed by atoms with E-state index in [1.165, 1.54) is 0 Å². The van der Waals surface area contributed by atoms with Gasteiger partial charge in [0.1, 0.15) is 17.4 Å². The molecule has 0 amide bonds. The van der Waals surface area contributed by atoms with E-state index in [1.807, 2.05) is 50.4 Å². The lowest BCUT2D eigenvalue weighted by Gasteiger charge is -2.29. The Balaban J connectivity index is 2.32. The number of hydrogen-bond donors (Lipinski definition) is 2. The van der Waals surface area contributed by atoms with E-state index in [9.17, 15) is 5.26 Å². The molecule has 0 aromatic heterocycles. The third-order valence-corrected chi connectivity index (χ3v) is 5.41. The van der Waals surface area contributed by atoms with Gasteiger partial charge in [0.05, 0.1) is 24.6 Å². The topological polar surface area (TPSA) is 89.5 Å². The van der Waals surface area contributed by atoms with Crippen molar-refractivity contribution >= 4 is 27.7 Å². The third kappa shape index (κ3) is 3.52. The highest BCUT2D eigenvalue weighted by molar-refractivity contribution is 9.10. The van der Waals surface area contributed by atoms with Crippen LogP contribution in [0.4, 0.5) is 5.69 Å². The van der Waals surface area contributed by atoms with Crippen molar-refractivity contribution in [3.05, 3.63) is 63.0 Å². The number of rotatable bonds is 5. The molecule has 0 bridgehead atoms. The molecule has 1 aliphatic heterocycles. The second-order valence-electron chi connectivity index (χ2n) is 6.36. The van der Waals surface area contributed by atoms with Gasteiger partial charge in [-0.25, -0.2) is 0 Å². The number of methoxy groups -OCH3 is 2. The van der Waals surface area contributed by atoms with Crippen LogP contribution in [0.25, 0.3) is 6.08 Å². The van der Waals surface area contributed by atoms with Gasteiger partial charge in [0.2, 0.25) is 5.88 Å². The number of fused-ring (bicyclic) bond motifs is 1. The number of nitrogens with one attached hydrogen (secondary N) is 1. The molecule has 1 atom stereocenters. The molecule has 0 saturated carbocycles. The Morgan fingerprint density at radius 3 is 2.62 bits per heavy atom. The molecular formula is C22H22BrN3O3. The van der Waals surface area contributed by atoms with Crippen molar-refractivity contribution < 1.29 is 14.2 Å². The van der Waals surface area contributed by atoms with Crippen molar-refractivity contribution in [2.24, 2.45) is 5.73 Å². The Kier molecular flexibility index (Phi) is 6.04. The second kappa shape index (κ2) is 8.50. The Hall–Kier alpha value is -3.11. The molecular weight excluding hydrogens is 434 g/mol. The SMILES string of the molecule is C/C=C/c1c(NC)ccc2c1OC(N)=C(C#N)C2c1cc(Br)c(OC)c(OC)c1. The van der Waals surface area contributed by atoms with E-state index >= 15 is 0 Å². The van der Waals surface area contributed by atoms with E-state index < -0.39 is 5.92 Å². The summed E-state index contributed by atoms with van der Waals surface area (Å²) in [4.78, 5) is 0. The molecule has 29 heavy (non-hydrogen) atoms. The molecule has 0 saturated heterocycles. The first-order valence-corrected chi connectivity index (χ1v) is 9.76. The lowest BCUT2D eigenvalue weighted by molar-refractivity contribution is 0.352. The number of nitrogens with two attached hydrogens (primary N) is 1. The lowest BCUT2D eigenvalue weighted by Crippen LogP contribution is -2.22. The fourth-order valence-corrected chi connectivity index (χ4v) is 4.16. The zero-order valence-electron chi connectivity index (χ0n) is 16.7. The summed E-state index contributed by atoms with van der Waals surface area (Å²) in [5.41, 5.74) is 9.99. The maximum atomic E-state index is 9.83. The maximum absolute atomic E-state index is 9.83. The van der Waals surface area contributed by atoms with Gasteiger partial charge in [-0.05, 0) is 46.6 Å². The second-order valence-corrected chi connectivity index (χ2v) is 7.21. The maximum Gasteiger partial charge on any atom is 0.205 e. The number of hydrogen-bond acceptors (Lipinski definition) is 6. The minimum absolute atomic E-state index is 0.0925. The van der Waals surface area contributed by atoms with Crippen molar-refractivity contribution in [2.75, 3.05) is 26.6 Å². The molecule has 3 N–H and O–H groups in total. The Morgan fingerprint density at radius 2 is 2.03 bits per heavy atom. The summed E-state index contributed by atoms with van der Waals surface area (Å²) >= 11 is 3.54. The molecule has 0 spiro atoms. The highest BCUT2D eigenvalue weighted by Crippen LogP contribution is 2.48. The summed E-state index contributed by atoms with van der Waals surface area (Å²) in [5.74, 6) is 1.45. The van der Waals surface area contributed by atoms with E-state index in [0.717, 1.165) is 26.9 Å². The molecule has 1 heterocycles. The Bertz CT molecular complexity index is 1050. The van der Waals surface area contributed by atoms with Crippen LogP contribution < -0.4 is 25.3 Å². The van der Waals surface area contributed by atoms with Gasteiger partial charge in [0.15, 0.2) is 11.5 Å². The average molecular weight is 456 g/mol. The highest BCUT2D eigenvalue weighted by atomic mass is 79.9. The third-order valence-electron chi connectivity index (χ3n) is 4.82. The Labute approximate surface area is 178 Å². The number of anilines is 1. The van der Waals surface area contributed by atoms with Crippen LogP contribution in [0.5, 0.6) is 17.2 Å². The number of halogens is 1. The normalized spacial score (nSPS) is 15.5. The number of benzene rings is 2. The summed E-state index contributed by atoms with van der Waals surface area (Å²) in [6, 6.07) is 9.90. The van der Waals surface area contributed by atoms with Crippen molar-refractivity contribution in [2.45, 2.75) is 12.8 Å². The van der Waals surface area contributed by atoms with Gasteiger partial charge in [-0.15, -0.1) is 0 Å². The molecule has 2 aromatic rings. The molecule has 150 valence electrons. The summed E-state index contributed by atoms with van der Waals surface area (Å²) < 4.78 is 17.6. The van der Waals surface area contributed by atoms with Crippen LogP contribution in [0.1, 0.15) is 29.5 Å². The lowest BCUT2D eigenvalue weighted by atomic mass is 9.82. The van der Waals surface area contributed by atoms with E-state index in [4.69, 9.17) is 19.9 Å². The zero-order valence-corrected chi connectivity index (χ0v) is 18.3. The van der Waals surface area contributed by atoms with Gasteiger partial charge in [0, 0.05) is 23.9 Å². The monoisotopic (exact) mass is 455 g/mol.